The molecular weight excluding hydrogens is 595 g/mol. The molecule has 0 atom stereocenters. The van der Waals surface area contributed by atoms with Crippen molar-refractivity contribution in [3.05, 3.63) is 164 Å². The van der Waals surface area contributed by atoms with Gasteiger partial charge in [0.15, 0.2) is 8.07 Å². The first-order chi connectivity index (χ1) is 22.8. The number of rotatable bonds is 3. The minimum absolute atomic E-state index is 0.968. The van der Waals surface area contributed by atoms with Crippen LogP contribution in [0, 0.1) is 0 Å². The Balaban J connectivity index is 1.29. The lowest BCUT2D eigenvalue weighted by molar-refractivity contribution is 0.487. The van der Waals surface area contributed by atoms with Gasteiger partial charge in [0, 0.05) is 26.8 Å². The maximum absolute atomic E-state index is 6.61. The van der Waals surface area contributed by atoms with Crippen molar-refractivity contribution in [1.29, 1.82) is 0 Å². The van der Waals surface area contributed by atoms with E-state index in [1.807, 2.05) is 11.3 Å². The van der Waals surface area contributed by atoms with Crippen LogP contribution < -0.4 is 30.4 Å². The van der Waals surface area contributed by atoms with Crippen molar-refractivity contribution < 1.29 is 4.74 Å². The van der Waals surface area contributed by atoms with Gasteiger partial charge in [-0.25, -0.2) is 0 Å². The Morgan fingerprint density at radius 2 is 1.09 bits per heavy atom. The maximum atomic E-state index is 6.61. The molecule has 3 heterocycles. The van der Waals surface area contributed by atoms with E-state index in [4.69, 9.17) is 4.74 Å². The second kappa shape index (κ2) is 9.79. The van der Waals surface area contributed by atoms with Crippen molar-refractivity contribution in [2.45, 2.75) is 0 Å². The molecule has 0 unspecified atom stereocenters. The minimum atomic E-state index is -2.71. The van der Waals surface area contributed by atoms with Crippen LogP contribution in [0.1, 0.15) is 0 Å². The molecule has 1 spiro atoms. The Bertz CT molecular complexity index is 2440. The summed E-state index contributed by atoms with van der Waals surface area (Å²) in [6, 6.07) is 60.0. The van der Waals surface area contributed by atoms with Crippen molar-refractivity contribution in [3.8, 4) is 22.6 Å². The summed E-state index contributed by atoms with van der Waals surface area (Å²) in [5.74, 6) is 1.94. The standard InChI is InChI=1S/C42H27NOSSi/c1-2-13-28(14-3-1)43(34-18-12-17-33-30-15-4-8-21-37(30)45-42(33)34)29-25-26-32-31-16-5-9-22-38(31)46(41(32)27-29)39-23-10-6-19-35(39)44-36-20-7-11-24-40(36)46/h1-27H. The number of hydrogen-bond acceptors (Lipinski definition) is 3. The molecule has 0 bridgehead atoms. The monoisotopic (exact) mass is 621 g/mol. The SMILES string of the molecule is c1ccc(N(c2ccc3c(c2)[Si]2(c4ccccc4Oc4ccccc42)c2ccccc2-3)c2cccc3c2sc2ccccc23)cc1. The van der Waals surface area contributed by atoms with Crippen LogP contribution in [0.3, 0.4) is 0 Å². The van der Waals surface area contributed by atoms with Gasteiger partial charge in [-0.2, -0.15) is 0 Å². The largest absolute Gasteiger partial charge is 0.458 e. The molecule has 216 valence electrons. The fourth-order valence-electron chi connectivity index (χ4n) is 7.89. The molecule has 4 heteroatoms. The lowest BCUT2D eigenvalue weighted by Gasteiger charge is -2.37. The molecule has 1 aromatic heterocycles. The highest BCUT2D eigenvalue weighted by atomic mass is 32.1. The summed E-state index contributed by atoms with van der Waals surface area (Å²) < 4.78 is 9.22. The molecule has 2 aliphatic rings. The van der Waals surface area contributed by atoms with Crippen LogP contribution >= 0.6 is 11.3 Å². The van der Waals surface area contributed by atoms with Crippen molar-refractivity contribution in [3.63, 3.8) is 0 Å². The van der Waals surface area contributed by atoms with Crippen LogP contribution in [0.15, 0.2) is 164 Å². The molecule has 0 amide bonds. The smallest absolute Gasteiger partial charge is 0.189 e. The Labute approximate surface area is 272 Å². The predicted octanol–water partition coefficient (Wildman–Crippen LogP) is 8.99. The van der Waals surface area contributed by atoms with E-state index in [2.05, 4.69) is 169 Å². The second-order valence-electron chi connectivity index (χ2n) is 12.0. The number of ether oxygens (including phenoxy) is 1. The average molecular weight is 622 g/mol. The Hall–Kier alpha value is -5.42. The molecule has 0 saturated carbocycles. The molecule has 0 fully saturated rings. The van der Waals surface area contributed by atoms with Crippen molar-refractivity contribution in [2.75, 3.05) is 4.90 Å². The molecule has 0 aliphatic carbocycles. The molecule has 7 aromatic carbocycles. The van der Waals surface area contributed by atoms with Crippen molar-refractivity contribution in [2.24, 2.45) is 0 Å². The number of hydrogen-bond donors (Lipinski definition) is 0. The number of fused-ring (bicyclic) bond motifs is 12. The lowest BCUT2D eigenvalue weighted by Crippen LogP contribution is -2.74. The molecule has 0 radical (unpaired) electrons. The van der Waals surface area contributed by atoms with Crippen LogP contribution in [0.25, 0.3) is 31.3 Å². The third-order valence-corrected chi connectivity index (χ3v) is 15.8. The Morgan fingerprint density at radius 3 is 1.89 bits per heavy atom. The summed E-state index contributed by atoms with van der Waals surface area (Å²) in [6.07, 6.45) is 0. The van der Waals surface area contributed by atoms with Gasteiger partial charge in [0.1, 0.15) is 11.5 Å². The van der Waals surface area contributed by atoms with Crippen LogP contribution in [0.4, 0.5) is 17.1 Å². The van der Waals surface area contributed by atoms with Gasteiger partial charge in [0.2, 0.25) is 0 Å². The first-order valence-electron chi connectivity index (χ1n) is 15.7. The summed E-state index contributed by atoms with van der Waals surface area (Å²) in [5, 5.41) is 8.08. The number of anilines is 3. The number of thiophene rings is 1. The topological polar surface area (TPSA) is 12.5 Å². The summed E-state index contributed by atoms with van der Waals surface area (Å²) in [6.45, 7) is 0. The first kappa shape index (κ1) is 25.9. The van der Waals surface area contributed by atoms with E-state index in [0.29, 0.717) is 0 Å². The lowest BCUT2D eigenvalue weighted by atomic mass is 10.0. The van der Waals surface area contributed by atoms with Crippen molar-refractivity contribution >= 4 is 77.4 Å². The molecule has 10 rings (SSSR count). The van der Waals surface area contributed by atoms with E-state index < -0.39 is 8.07 Å². The summed E-state index contributed by atoms with van der Waals surface area (Å²) >= 11 is 1.87. The van der Waals surface area contributed by atoms with E-state index in [-0.39, 0.29) is 0 Å². The highest BCUT2D eigenvalue weighted by molar-refractivity contribution is 7.26. The van der Waals surface area contributed by atoms with E-state index in [1.165, 1.54) is 57.7 Å². The van der Waals surface area contributed by atoms with Gasteiger partial charge in [-0.3, -0.25) is 0 Å². The predicted molar refractivity (Wildman–Crippen MR) is 197 cm³/mol. The second-order valence-corrected chi connectivity index (χ2v) is 16.7. The van der Waals surface area contributed by atoms with Gasteiger partial charge in [-0.1, -0.05) is 115 Å². The van der Waals surface area contributed by atoms with Crippen LogP contribution in [0.5, 0.6) is 11.5 Å². The van der Waals surface area contributed by atoms with Gasteiger partial charge in [0.05, 0.1) is 10.4 Å². The zero-order valence-corrected chi connectivity index (χ0v) is 26.7. The molecule has 2 aliphatic heterocycles. The average Bonchev–Trinajstić information content (AvgIpc) is 3.64. The van der Waals surface area contributed by atoms with Crippen molar-refractivity contribution in [1.82, 2.24) is 0 Å². The molecule has 2 nitrogen and oxygen atoms in total. The molecule has 8 aromatic rings. The van der Waals surface area contributed by atoms with Gasteiger partial charge < -0.3 is 9.64 Å². The number of benzene rings is 7. The minimum Gasteiger partial charge on any atom is -0.458 e. The van der Waals surface area contributed by atoms with Gasteiger partial charge >= 0.3 is 0 Å². The molecule has 0 N–H and O–H groups in total. The molecule has 46 heavy (non-hydrogen) atoms. The summed E-state index contributed by atoms with van der Waals surface area (Å²) in [5.41, 5.74) is 6.16. The Kier molecular flexibility index (Phi) is 5.50. The zero-order chi connectivity index (χ0) is 30.2. The van der Waals surface area contributed by atoms with Gasteiger partial charge in [0.25, 0.3) is 0 Å². The van der Waals surface area contributed by atoms with Gasteiger partial charge in [-0.15, -0.1) is 11.3 Å². The number of para-hydroxylation sites is 3. The zero-order valence-electron chi connectivity index (χ0n) is 24.9. The Morgan fingerprint density at radius 1 is 0.457 bits per heavy atom. The summed E-state index contributed by atoms with van der Waals surface area (Å²) in [7, 11) is -2.71. The first-order valence-corrected chi connectivity index (χ1v) is 18.5. The number of nitrogens with zero attached hydrogens (tertiary/aromatic N) is 1. The van der Waals surface area contributed by atoms with Crippen LogP contribution in [0.2, 0.25) is 0 Å². The van der Waals surface area contributed by atoms with E-state index in [0.717, 1.165) is 22.9 Å². The highest BCUT2D eigenvalue weighted by Crippen LogP contribution is 2.45. The van der Waals surface area contributed by atoms with Gasteiger partial charge in [-0.05, 0) is 80.4 Å². The van der Waals surface area contributed by atoms with E-state index in [9.17, 15) is 0 Å². The fourth-order valence-corrected chi connectivity index (χ4v) is 14.5. The van der Waals surface area contributed by atoms with Crippen LogP contribution in [-0.2, 0) is 0 Å². The highest BCUT2D eigenvalue weighted by Gasteiger charge is 2.53. The van der Waals surface area contributed by atoms with E-state index >= 15 is 0 Å². The quantitative estimate of drug-likeness (QED) is 0.183. The maximum Gasteiger partial charge on any atom is 0.189 e. The van der Waals surface area contributed by atoms with Crippen LogP contribution in [-0.4, -0.2) is 8.07 Å². The van der Waals surface area contributed by atoms with E-state index in [1.54, 1.807) is 0 Å². The summed E-state index contributed by atoms with van der Waals surface area (Å²) in [4.78, 5) is 2.46. The normalized spacial score (nSPS) is 13.6. The fraction of sp³-hybridized carbons (Fsp3) is 0. The molecule has 0 saturated heterocycles. The third kappa shape index (κ3) is 3.45. The molecular formula is C42H27NOSSi. The third-order valence-electron chi connectivity index (χ3n) is 9.73.